The van der Waals surface area contributed by atoms with Gasteiger partial charge in [0, 0.05) is 12.2 Å². The molecule has 4 rings (SSSR count). The van der Waals surface area contributed by atoms with Gasteiger partial charge in [0.15, 0.2) is 6.10 Å². The summed E-state index contributed by atoms with van der Waals surface area (Å²) in [5.41, 5.74) is 2.90. The Kier molecular flexibility index (Phi) is 5.49. The van der Waals surface area contributed by atoms with Crippen LogP contribution in [0, 0.1) is 13.8 Å². The van der Waals surface area contributed by atoms with Crippen molar-refractivity contribution in [1.82, 2.24) is 4.31 Å². The molecular formula is C22H25N3O5S. The normalized spacial score (nSPS) is 21.2. The summed E-state index contributed by atoms with van der Waals surface area (Å²) in [4.78, 5) is 24.9. The van der Waals surface area contributed by atoms with Gasteiger partial charge in [0.2, 0.25) is 15.9 Å². The van der Waals surface area contributed by atoms with E-state index in [4.69, 9.17) is 4.74 Å². The summed E-state index contributed by atoms with van der Waals surface area (Å²) in [5.74, 6) is -0.274. The van der Waals surface area contributed by atoms with Crippen molar-refractivity contribution in [2.24, 2.45) is 0 Å². The molecule has 1 saturated heterocycles. The molecule has 31 heavy (non-hydrogen) atoms. The number of amides is 2. The van der Waals surface area contributed by atoms with E-state index in [0.717, 1.165) is 11.1 Å². The lowest BCUT2D eigenvalue weighted by Crippen LogP contribution is -2.43. The fraction of sp³-hybridized carbons (Fsp3) is 0.364. The van der Waals surface area contributed by atoms with E-state index < -0.39 is 22.2 Å². The van der Waals surface area contributed by atoms with E-state index in [1.807, 2.05) is 32.0 Å². The number of carbonyl (C=O) groups excluding carboxylic acids is 2. The molecule has 2 aliphatic heterocycles. The first kappa shape index (κ1) is 21.3. The molecule has 2 N–H and O–H groups in total. The van der Waals surface area contributed by atoms with Gasteiger partial charge in [-0.25, -0.2) is 8.42 Å². The zero-order chi connectivity index (χ0) is 22.3. The highest BCUT2D eigenvalue weighted by molar-refractivity contribution is 7.89. The largest absolute Gasteiger partial charge is 0.479 e. The van der Waals surface area contributed by atoms with Crippen molar-refractivity contribution in [3.63, 3.8) is 0 Å². The van der Waals surface area contributed by atoms with Crippen molar-refractivity contribution in [2.75, 3.05) is 17.2 Å². The third kappa shape index (κ3) is 4.03. The number of nitrogens with one attached hydrogen (secondary N) is 2. The predicted octanol–water partition coefficient (Wildman–Crippen LogP) is 2.81. The Hall–Kier alpha value is -2.91. The van der Waals surface area contributed by atoms with Crippen LogP contribution in [0.4, 0.5) is 11.4 Å². The molecule has 0 radical (unpaired) electrons. The zero-order valence-electron chi connectivity index (χ0n) is 17.6. The van der Waals surface area contributed by atoms with Crippen LogP contribution in [-0.2, 0) is 19.6 Å². The molecule has 2 aromatic carbocycles. The minimum Gasteiger partial charge on any atom is -0.479 e. The van der Waals surface area contributed by atoms with Crippen LogP contribution in [0.2, 0.25) is 0 Å². The summed E-state index contributed by atoms with van der Waals surface area (Å²) in [6, 6.07) is 9.29. The quantitative estimate of drug-likeness (QED) is 0.756. The first-order valence-corrected chi connectivity index (χ1v) is 11.6. The van der Waals surface area contributed by atoms with Gasteiger partial charge in [-0.15, -0.1) is 0 Å². The van der Waals surface area contributed by atoms with Gasteiger partial charge in [0.25, 0.3) is 5.91 Å². The van der Waals surface area contributed by atoms with Crippen LogP contribution in [0.3, 0.4) is 0 Å². The molecule has 0 unspecified atom stereocenters. The molecule has 0 spiro atoms. The molecule has 2 heterocycles. The maximum Gasteiger partial charge on any atom is 0.265 e. The monoisotopic (exact) mass is 443 g/mol. The number of carbonyl (C=O) groups is 2. The van der Waals surface area contributed by atoms with Crippen LogP contribution in [-0.4, -0.2) is 43.2 Å². The van der Waals surface area contributed by atoms with Crippen molar-refractivity contribution in [1.29, 1.82) is 0 Å². The summed E-state index contributed by atoms with van der Waals surface area (Å²) in [6.07, 6.45) is 0.386. The van der Waals surface area contributed by atoms with Gasteiger partial charge in [-0.3, -0.25) is 9.59 Å². The van der Waals surface area contributed by atoms with E-state index in [2.05, 4.69) is 10.6 Å². The summed E-state index contributed by atoms with van der Waals surface area (Å²) >= 11 is 0. The molecule has 164 valence electrons. The highest BCUT2D eigenvalue weighted by Crippen LogP contribution is 2.34. The zero-order valence-corrected chi connectivity index (χ0v) is 18.5. The second-order valence-electron chi connectivity index (χ2n) is 7.99. The fourth-order valence-electron chi connectivity index (χ4n) is 3.86. The number of aryl methyl sites for hydroxylation is 2. The number of hydrogen-bond donors (Lipinski definition) is 2. The van der Waals surface area contributed by atoms with Crippen molar-refractivity contribution in [3.05, 3.63) is 47.5 Å². The van der Waals surface area contributed by atoms with Crippen molar-refractivity contribution < 1.29 is 22.7 Å². The van der Waals surface area contributed by atoms with Crippen molar-refractivity contribution in [3.8, 4) is 5.75 Å². The molecule has 0 aliphatic carbocycles. The number of nitrogens with zero attached hydrogens (tertiary/aromatic N) is 1. The van der Waals surface area contributed by atoms with E-state index >= 15 is 0 Å². The first-order chi connectivity index (χ1) is 14.7. The van der Waals surface area contributed by atoms with E-state index in [9.17, 15) is 18.0 Å². The summed E-state index contributed by atoms with van der Waals surface area (Å²) < 4.78 is 33.4. The molecule has 2 aliphatic rings. The van der Waals surface area contributed by atoms with E-state index in [1.165, 1.54) is 22.5 Å². The number of rotatable bonds is 4. The van der Waals surface area contributed by atoms with Gasteiger partial charge >= 0.3 is 0 Å². The molecule has 2 aromatic rings. The van der Waals surface area contributed by atoms with Gasteiger partial charge in [0.1, 0.15) is 11.8 Å². The fourth-order valence-corrected chi connectivity index (χ4v) is 5.54. The van der Waals surface area contributed by atoms with Crippen LogP contribution >= 0.6 is 0 Å². The Morgan fingerprint density at radius 1 is 1.19 bits per heavy atom. The van der Waals surface area contributed by atoms with Crippen LogP contribution in [0.15, 0.2) is 41.3 Å². The number of sulfonamides is 1. The summed E-state index contributed by atoms with van der Waals surface area (Å²) in [7, 11) is -3.94. The van der Waals surface area contributed by atoms with Gasteiger partial charge in [-0.2, -0.15) is 4.31 Å². The van der Waals surface area contributed by atoms with E-state index in [-0.39, 0.29) is 23.3 Å². The van der Waals surface area contributed by atoms with E-state index in [1.54, 1.807) is 6.92 Å². The number of hydrogen-bond acceptors (Lipinski definition) is 5. The Morgan fingerprint density at radius 2 is 1.97 bits per heavy atom. The second kappa shape index (κ2) is 7.97. The molecule has 0 aromatic heterocycles. The minimum atomic E-state index is -3.94. The second-order valence-corrected chi connectivity index (χ2v) is 9.88. The standard InChI is InChI=1S/C22H25N3O5S/c1-13-6-7-14(2)17(11-13)23-22(27)19-5-4-10-25(19)31(28,29)16-8-9-20-18(12-16)24-21(26)15(3)30-20/h6-9,11-12,15,19H,4-5,10H2,1-3H3,(H,23,27)(H,24,26)/t15-,19-/m0/s1. The maximum atomic E-state index is 13.3. The summed E-state index contributed by atoms with van der Waals surface area (Å²) in [6.45, 7) is 5.69. The topological polar surface area (TPSA) is 105 Å². The lowest BCUT2D eigenvalue weighted by atomic mass is 10.1. The number of fused-ring (bicyclic) bond motifs is 1. The third-order valence-electron chi connectivity index (χ3n) is 5.65. The first-order valence-electron chi connectivity index (χ1n) is 10.2. The van der Waals surface area contributed by atoms with Crippen LogP contribution in [0.5, 0.6) is 5.75 Å². The van der Waals surface area contributed by atoms with Gasteiger partial charge < -0.3 is 15.4 Å². The molecule has 9 heteroatoms. The average molecular weight is 444 g/mol. The highest BCUT2D eigenvalue weighted by atomic mass is 32.2. The third-order valence-corrected chi connectivity index (χ3v) is 7.55. The smallest absolute Gasteiger partial charge is 0.265 e. The lowest BCUT2D eigenvalue weighted by molar-refractivity contribution is -0.122. The predicted molar refractivity (Wildman–Crippen MR) is 117 cm³/mol. The number of anilines is 2. The molecular weight excluding hydrogens is 418 g/mol. The van der Waals surface area contributed by atoms with Gasteiger partial charge in [-0.05, 0) is 69.0 Å². The Bertz CT molecular complexity index is 1160. The Morgan fingerprint density at radius 3 is 2.74 bits per heavy atom. The van der Waals surface area contributed by atoms with Crippen LogP contribution in [0.1, 0.15) is 30.9 Å². The SMILES string of the molecule is Cc1ccc(C)c(NC(=O)[C@@H]2CCCN2S(=O)(=O)c2ccc3c(c2)NC(=O)[C@H](C)O3)c1. The van der Waals surface area contributed by atoms with Gasteiger partial charge in [-0.1, -0.05) is 12.1 Å². The molecule has 2 atom stereocenters. The molecule has 2 amide bonds. The van der Waals surface area contributed by atoms with Crippen LogP contribution in [0.25, 0.3) is 0 Å². The summed E-state index contributed by atoms with van der Waals surface area (Å²) in [5, 5.41) is 5.55. The molecule has 0 saturated carbocycles. The number of benzene rings is 2. The molecule has 8 nitrogen and oxygen atoms in total. The van der Waals surface area contributed by atoms with E-state index in [0.29, 0.717) is 30.0 Å². The van der Waals surface area contributed by atoms with Crippen molar-refractivity contribution >= 4 is 33.2 Å². The Labute approximate surface area is 181 Å². The highest BCUT2D eigenvalue weighted by Gasteiger charge is 2.40. The maximum absolute atomic E-state index is 13.3. The van der Waals surface area contributed by atoms with Gasteiger partial charge in [0.05, 0.1) is 10.6 Å². The molecule has 0 bridgehead atoms. The lowest BCUT2D eigenvalue weighted by Gasteiger charge is -2.26. The Balaban J connectivity index is 1.59. The molecule has 1 fully saturated rings. The minimum absolute atomic E-state index is 0.0103. The van der Waals surface area contributed by atoms with Crippen molar-refractivity contribution in [2.45, 2.75) is 50.7 Å². The van der Waals surface area contributed by atoms with Crippen LogP contribution < -0.4 is 15.4 Å². The average Bonchev–Trinajstić information content (AvgIpc) is 3.22. The number of ether oxygens (including phenoxy) is 1.